The summed E-state index contributed by atoms with van der Waals surface area (Å²) in [5.41, 5.74) is -2.27. The molecule has 0 atom stereocenters. The fourth-order valence-electron chi connectivity index (χ4n) is 1.71. The third kappa shape index (κ3) is 2.43. The van der Waals surface area contributed by atoms with Crippen LogP contribution in [0.1, 0.15) is 12.5 Å². The Bertz CT molecular complexity index is 799. The number of carbonyl (C=O) groups excluding carboxylic acids is 1. The Labute approximate surface area is 129 Å². The van der Waals surface area contributed by atoms with Gasteiger partial charge in [0.1, 0.15) is 23.1 Å². The molecule has 2 rings (SSSR count). The molecule has 1 amide bonds. The van der Waals surface area contributed by atoms with Crippen molar-refractivity contribution in [3.8, 4) is 17.3 Å². The maximum atomic E-state index is 13.9. The van der Waals surface area contributed by atoms with E-state index >= 15 is 0 Å². The zero-order chi connectivity index (χ0) is 16.6. The number of aromatic nitrogens is 2. The lowest BCUT2D eigenvalue weighted by Gasteiger charge is -2.07. The van der Waals surface area contributed by atoms with Gasteiger partial charge in [-0.2, -0.15) is 10.4 Å². The monoisotopic (exact) mass is 376 g/mol. The van der Waals surface area contributed by atoms with Gasteiger partial charge < -0.3 is 5.32 Å². The highest BCUT2D eigenvalue weighted by molar-refractivity contribution is 9.10. The van der Waals surface area contributed by atoms with Crippen LogP contribution in [-0.4, -0.2) is 16.1 Å². The number of carbonyl (C=O) groups is 1. The second-order valence-electron chi connectivity index (χ2n) is 4.06. The SMILES string of the molecule is CC(=O)Nc1[nH]nc(-c2c(F)c(F)c(Br)c(F)c2F)c1C#N. The van der Waals surface area contributed by atoms with Gasteiger partial charge in [-0.1, -0.05) is 0 Å². The smallest absolute Gasteiger partial charge is 0.222 e. The Morgan fingerprint density at radius 2 is 1.77 bits per heavy atom. The summed E-state index contributed by atoms with van der Waals surface area (Å²) in [6, 6.07) is 1.56. The van der Waals surface area contributed by atoms with Crippen molar-refractivity contribution in [2.45, 2.75) is 6.92 Å². The molecule has 5 nitrogen and oxygen atoms in total. The predicted molar refractivity (Wildman–Crippen MR) is 70.6 cm³/mol. The standard InChI is InChI=1S/C12H5BrF4N4O/c1-3(22)19-12-4(2-18)11(20-21-12)5-7(14)9(16)6(13)10(17)8(5)15/h1H3,(H2,19,20,21,22). The average Bonchev–Trinajstić information content (AvgIpc) is 2.85. The average molecular weight is 377 g/mol. The minimum absolute atomic E-state index is 0.243. The molecule has 0 aliphatic rings. The molecule has 0 aliphatic heterocycles. The number of H-pyrrole nitrogens is 1. The number of hydrogen-bond acceptors (Lipinski definition) is 3. The van der Waals surface area contributed by atoms with E-state index in [0.717, 1.165) is 6.92 Å². The first-order valence-electron chi connectivity index (χ1n) is 5.57. The predicted octanol–water partition coefficient (Wildman–Crippen LogP) is 3.23. The van der Waals surface area contributed by atoms with E-state index in [0.29, 0.717) is 0 Å². The summed E-state index contributed by atoms with van der Waals surface area (Å²) < 4.78 is 53.9. The normalized spacial score (nSPS) is 10.4. The Morgan fingerprint density at radius 1 is 1.23 bits per heavy atom. The Morgan fingerprint density at radius 3 is 2.23 bits per heavy atom. The van der Waals surface area contributed by atoms with Crippen LogP contribution in [0.4, 0.5) is 23.4 Å². The minimum Gasteiger partial charge on any atom is -0.310 e. The Kier molecular flexibility index (Phi) is 4.18. The number of anilines is 1. The number of nitriles is 1. The van der Waals surface area contributed by atoms with Gasteiger partial charge in [0.25, 0.3) is 0 Å². The van der Waals surface area contributed by atoms with E-state index in [1.807, 2.05) is 0 Å². The quantitative estimate of drug-likeness (QED) is 0.479. The molecule has 22 heavy (non-hydrogen) atoms. The van der Waals surface area contributed by atoms with E-state index in [9.17, 15) is 22.4 Å². The molecule has 10 heteroatoms. The highest BCUT2D eigenvalue weighted by Gasteiger charge is 2.29. The van der Waals surface area contributed by atoms with Gasteiger partial charge in [-0.05, 0) is 15.9 Å². The number of aromatic amines is 1. The maximum absolute atomic E-state index is 13.9. The molecule has 1 heterocycles. The Balaban J connectivity index is 2.76. The van der Waals surface area contributed by atoms with E-state index in [2.05, 4.69) is 31.4 Å². The number of nitrogens with one attached hydrogen (secondary N) is 2. The molecule has 1 aromatic carbocycles. The van der Waals surface area contributed by atoms with Crippen LogP contribution in [0.25, 0.3) is 11.3 Å². The van der Waals surface area contributed by atoms with Gasteiger partial charge in [0, 0.05) is 6.92 Å². The first-order valence-corrected chi connectivity index (χ1v) is 6.36. The van der Waals surface area contributed by atoms with Crippen molar-refractivity contribution in [3.63, 3.8) is 0 Å². The van der Waals surface area contributed by atoms with Crippen molar-refractivity contribution in [2.75, 3.05) is 5.32 Å². The van der Waals surface area contributed by atoms with Crippen LogP contribution in [0, 0.1) is 34.6 Å². The first-order chi connectivity index (χ1) is 10.3. The summed E-state index contributed by atoms with van der Waals surface area (Å²) in [6.45, 7) is 1.13. The van der Waals surface area contributed by atoms with Gasteiger partial charge in [-0.15, -0.1) is 0 Å². The van der Waals surface area contributed by atoms with Gasteiger partial charge in [-0.25, -0.2) is 17.6 Å². The van der Waals surface area contributed by atoms with Crippen molar-refractivity contribution >= 4 is 27.7 Å². The molecule has 0 saturated carbocycles. The van der Waals surface area contributed by atoms with Crippen LogP contribution in [0.3, 0.4) is 0 Å². The van der Waals surface area contributed by atoms with Gasteiger partial charge >= 0.3 is 0 Å². The van der Waals surface area contributed by atoms with Gasteiger partial charge in [-0.3, -0.25) is 9.89 Å². The zero-order valence-electron chi connectivity index (χ0n) is 10.7. The third-order valence-corrected chi connectivity index (χ3v) is 3.32. The van der Waals surface area contributed by atoms with Crippen molar-refractivity contribution in [3.05, 3.63) is 33.3 Å². The number of benzene rings is 1. The molecule has 0 saturated heterocycles. The molecule has 2 N–H and O–H groups in total. The third-order valence-electron chi connectivity index (χ3n) is 2.63. The number of hydrogen-bond donors (Lipinski definition) is 2. The summed E-state index contributed by atoms with van der Waals surface area (Å²) in [4.78, 5) is 11.0. The van der Waals surface area contributed by atoms with E-state index in [-0.39, 0.29) is 5.82 Å². The maximum Gasteiger partial charge on any atom is 0.222 e. The van der Waals surface area contributed by atoms with Crippen LogP contribution in [-0.2, 0) is 4.79 Å². The van der Waals surface area contributed by atoms with Crippen LogP contribution in [0.15, 0.2) is 4.47 Å². The number of rotatable bonds is 2. The van der Waals surface area contributed by atoms with E-state index < -0.39 is 50.5 Å². The largest absolute Gasteiger partial charge is 0.310 e. The van der Waals surface area contributed by atoms with Crippen molar-refractivity contribution in [1.82, 2.24) is 10.2 Å². The summed E-state index contributed by atoms with van der Waals surface area (Å²) in [5, 5.41) is 16.8. The molecular formula is C12H5BrF4N4O. The fourth-order valence-corrected chi connectivity index (χ4v) is 2.06. The molecule has 0 unspecified atom stereocenters. The van der Waals surface area contributed by atoms with Crippen LogP contribution < -0.4 is 5.32 Å². The molecular weight excluding hydrogens is 372 g/mol. The Hall–Kier alpha value is -2.41. The zero-order valence-corrected chi connectivity index (χ0v) is 12.3. The number of amides is 1. The lowest BCUT2D eigenvalue weighted by molar-refractivity contribution is -0.114. The first kappa shape index (κ1) is 16.0. The van der Waals surface area contributed by atoms with E-state index in [1.165, 1.54) is 0 Å². The topological polar surface area (TPSA) is 81.6 Å². The summed E-state index contributed by atoms with van der Waals surface area (Å²) >= 11 is 2.38. The van der Waals surface area contributed by atoms with Crippen molar-refractivity contribution in [1.29, 1.82) is 5.26 Å². The lowest BCUT2D eigenvalue weighted by atomic mass is 10.1. The van der Waals surface area contributed by atoms with Crippen molar-refractivity contribution < 1.29 is 22.4 Å². The molecule has 0 radical (unpaired) electrons. The fraction of sp³-hybridized carbons (Fsp3) is 0.0833. The molecule has 0 bridgehead atoms. The number of nitrogens with zero attached hydrogens (tertiary/aromatic N) is 2. The molecule has 0 spiro atoms. The summed E-state index contributed by atoms with van der Waals surface area (Å²) in [6.07, 6.45) is 0. The molecule has 2 aromatic rings. The highest BCUT2D eigenvalue weighted by Crippen LogP contribution is 2.36. The summed E-state index contributed by atoms with van der Waals surface area (Å²) in [5.74, 6) is -7.59. The van der Waals surface area contributed by atoms with Gasteiger partial charge in [0.15, 0.2) is 23.3 Å². The van der Waals surface area contributed by atoms with Gasteiger partial charge in [0.2, 0.25) is 5.91 Å². The van der Waals surface area contributed by atoms with Crippen LogP contribution >= 0.6 is 15.9 Å². The summed E-state index contributed by atoms with van der Waals surface area (Å²) in [7, 11) is 0. The molecule has 0 aliphatic carbocycles. The van der Waals surface area contributed by atoms with E-state index in [4.69, 9.17) is 5.26 Å². The van der Waals surface area contributed by atoms with Gasteiger partial charge in [0.05, 0.1) is 10.0 Å². The lowest BCUT2D eigenvalue weighted by Crippen LogP contribution is -2.07. The minimum atomic E-state index is -1.72. The molecule has 1 aromatic heterocycles. The van der Waals surface area contributed by atoms with Crippen LogP contribution in [0.2, 0.25) is 0 Å². The van der Waals surface area contributed by atoms with Crippen LogP contribution in [0.5, 0.6) is 0 Å². The number of halogens is 5. The van der Waals surface area contributed by atoms with Crippen molar-refractivity contribution in [2.24, 2.45) is 0 Å². The molecule has 0 fully saturated rings. The highest BCUT2D eigenvalue weighted by atomic mass is 79.9. The second-order valence-corrected chi connectivity index (χ2v) is 4.85. The second kappa shape index (κ2) is 5.76. The molecule has 114 valence electrons. The van der Waals surface area contributed by atoms with E-state index in [1.54, 1.807) is 6.07 Å².